The molecule has 0 saturated heterocycles. The molecule has 100 valence electrons. The second-order valence-corrected chi connectivity index (χ2v) is 6.18. The van der Waals surface area contributed by atoms with Crippen molar-refractivity contribution in [1.29, 1.82) is 0 Å². The molecule has 6 bridgehead atoms. The van der Waals surface area contributed by atoms with E-state index < -0.39 is 0 Å². The number of ketones is 1. The molecule has 0 aromatic heterocycles. The number of carbonyl (C=O) groups excluding carboxylic acids is 1. The van der Waals surface area contributed by atoms with Gasteiger partial charge >= 0.3 is 0 Å². The van der Waals surface area contributed by atoms with E-state index in [1.807, 2.05) is 13.8 Å². The van der Waals surface area contributed by atoms with Gasteiger partial charge < -0.3 is 0 Å². The first-order valence-electron chi connectivity index (χ1n) is 7.45. The van der Waals surface area contributed by atoms with Crippen LogP contribution in [0.25, 0.3) is 11.1 Å². The van der Waals surface area contributed by atoms with Crippen LogP contribution in [-0.2, 0) is 17.6 Å². The number of fused-ring (bicyclic) bond motifs is 1. The molecule has 6 aliphatic carbocycles. The fraction of sp³-hybridized carbons (Fsp3) is 0.316. The quantitative estimate of drug-likeness (QED) is 0.694. The Morgan fingerprint density at radius 2 is 1.25 bits per heavy atom. The zero-order valence-corrected chi connectivity index (χ0v) is 11.9. The molecule has 2 aromatic rings. The number of carbonyl (C=O) groups is 1. The van der Waals surface area contributed by atoms with E-state index in [2.05, 4.69) is 36.4 Å². The van der Waals surface area contributed by atoms with Crippen LogP contribution in [0.4, 0.5) is 0 Å². The number of hydrogen-bond donors (Lipinski definition) is 0. The van der Waals surface area contributed by atoms with Crippen LogP contribution >= 0.6 is 0 Å². The fourth-order valence-electron chi connectivity index (χ4n) is 3.68. The number of rotatable bonds is 0. The van der Waals surface area contributed by atoms with E-state index in [9.17, 15) is 4.79 Å². The highest BCUT2D eigenvalue weighted by Gasteiger charge is 2.27. The molecule has 2 unspecified atom stereocenters. The summed E-state index contributed by atoms with van der Waals surface area (Å²) in [5.41, 5.74) is 7.86. The van der Waals surface area contributed by atoms with Crippen LogP contribution in [0, 0.1) is 0 Å². The zero-order chi connectivity index (χ0) is 13.9. The molecule has 0 saturated carbocycles. The third-order valence-corrected chi connectivity index (χ3v) is 5.07. The predicted molar refractivity (Wildman–Crippen MR) is 81.1 cm³/mol. The summed E-state index contributed by atoms with van der Waals surface area (Å²) in [6.07, 6.45) is 2.18. The van der Waals surface area contributed by atoms with Crippen molar-refractivity contribution in [3.05, 3.63) is 58.7 Å². The van der Waals surface area contributed by atoms with Crippen LogP contribution in [-0.4, -0.2) is 5.78 Å². The molecule has 0 heterocycles. The molecule has 20 heavy (non-hydrogen) atoms. The molecule has 0 N–H and O–H groups in total. The summed E-state index contributed by atoms with van der Waals surface area (Å²) < 4.78 is 0. The number of Topliss-reactive ketones (excluding diaryl/α,β-unsaturated/α-hetero) is 1. The summed E-state index contributed by atoms with van der Waals surface area (Å²) in [4.78, 5) is 12.7. The monoisotopic (exact) mass is 262 g/mol. The van der Waals surface area contributed by atoms with Crippen molar-refractivity contribution in [2.24, 2.45) is 0 Å². The lowest BCUT2D eigenvalue weighted by Gasteiger charge is -2.21. The predicted octanol–water partition coefficient (Wildman–Crippen LogP) is 4.24. The molecule has 0 aliphatic heterocycles. The standard InChI is InChI=1S/C19H18O/c1-11-13-5-7-17-15(9-13)3-4-16-10-14(6-8-18(16)17)12(2)19(11)20/h5-12H,3-4H2,1-2H3. The molecular formula is C19H18O. The summed E-state index contributed by atoms with van der Waals surface area (Å²) in [6, 6.07) is 13.2. The SMILES string of the molecule is CC1C(=O)C(C)c2ccc3c(c2)CCc2cc1ccc2-3. The molecule has 1 nitrogen and oxygen atoms in total. The van der Waals surface area contributed by atoms with Crippen LogP contribution in [0.2, 0.25) is 0 Å². The summed E-state index contributed by atoms with van der Waals surface area (Å²) in [7, 11) is 0. The van der Waals surface area contributed by atoms with Gasteiger partial charge in [0.15, 0.2) is 0 Å². The van der Waals surface area contributed by atoms with Gasteiger partial charge in [-0.1, -0.05) is 50.2 Å². The summed E-state index contributed by atoms with van der Waals surface area (Å²) in [5, 5.41) is 0. The lowest BCUT2D eigenvalue weighted by Crippen LogP contribution is -2.16. The first kappa shape index (κ1) is 11.9. The van der Waals surface area contributed by atoms with E-state index in [1.165, 1.54) is 33.4 Å². The summed E-state index contributed by atoms with van der Waals surface area (Å²) in [5.74, 6) is 0.290. The van der Waals surface area contributed by atoms with Gasteiger partial charge in [0.2, 0.25) is 0 Å². The van der Waals surface area contributed by atoms with Gasteiger partial charge in [0.25, 0.3) is 0 Å². The molecule has 8 rings (SSSR count). The van der Waals surface area contributed by atoms with Gasteiger partial charge in [-0.2, -0.15) is 0 Å². The van der Waals surface area contributed by atoms with Crippen molar-refractivity contribution < 1.29 is 4.79 Å². The van der Waals surface area contributed by atoms with Crippen LogP contribution in [0.15, 0.2) is 36.4 Å². The molecule has 0 amide bonds. The van der Waals surface area contributed by atoms with Crippen molar-refractivity contribution in [2.75, 3.05) is 0 Å². The normalized spacial score (nSPS) is 23.2. The second kappa shape index (κ2) is 4.05. The van der Waals surface area contributed by atoms with Crippen molar-refractivity contribution in [1.82, 2.24) is 0 Å². The van der Waals surface area contributed by atoms with Crippen molar-refractivity contribution in [3.8, 4) is 11.1 Å². The minimum atomic E-state index is -0.0178. The average Bonchev–Trinajstić information content (AvgIpc) is 2.54. The highest BCUT2D eigenvalue weighted by Crippen LogP contribution is 2.39. The van der Waals surface area contributed by atoms with Crippen molar-refractivity contribution in [2.45, 2.75) is 38.5 Å². The van der Waals surface area contributed by atoms with Gasteiger partial charge in [-0.15, -0.1) is 0 Å². The number of benzene rings is 2. The molecule has 0 radical (unpaired) electrons. The van der Waals surface area contributed by atoms with E-state index in [1.54, 1.807) is 0 Å². The Labute approximate surface area is 119 Å². The van der Waals surface area contributed by atoms with Crippen LogP contribution in [0.1, 0.15) is 47.9 Å². The molecule has 2 aromatic carbocycles. The Balaban J connectivity index is 2.08. The maximum Gasteiger partial charge on any atom is 0.147 e. The molecule has 6 aliphatic rings. The van der Waals surface area contributed by atoms with Gasteiger partial charge in [-0.25, -0.2) is 0 Å². The van der Waals surface area contributed by atoms with Gasteiger partial charge in [-0.05, 0) is 46.2 Å². The van der Waals surface area contributed by atoms with E-state index in [-0.39, 0.29) is 11.8 Å². The van der Waals surface area contributed by atoms with E-state index in [0.717, 1.165) is 12.8 Å². The van der Waals surface area contributed by atoms with E-state index in [0.29, 0.717) is 5.78 Å². The van der Waals surface area contributed by atoms with Gasteiger partial charge in [0.1, 0.15) is 5.78 Å². The topological polar surface area (TPSA) is 17.1 Å². The third kappa shape index (κ3) is 1.53. The molecule has 0 fully saturated rings. The van der Waals surface area contributed by atoms with Crippen molar-refractivity contribution in [3.63, 3.8) is 0 Å². The number of hydrogen-bond acceptors (Lipinski definition) is 1. The minimum absolute atomic E-state index is 0.0178. The van der Waals surface area contributed by atoms with E-state index >= 15 is 0 Å². The summed E-state index contributed by atoms with van der Waals surface area (Å²) >= 11 is 0. The first-order valence-corrected chi connectivity index (χ1v) is 7.45. The largest absolute Gasteiger partial charge is 0.298 e. The average molecular weight is 262 g/mol. The fourth-order valence-corrected chi connectivity index (χ4v) is 3.68. The summed E-state index contributed by atoms with van der Waals surface area (Å²) in [6.45, 7) is 4.09. The highest BCUT2D eigenvalue weighted by atomic mass is 16.1. The molecular weight excluding hydrogens is 244 g/mol. The third-order valence-electron chi connectivity index (χ3n) is 5.07. The maximum absolute atomic E-state index is 12.7. The highest BCUT2D eigenvalue weighted by molar-refractivity contribution is 5.92. The Hall–Kier alpha value is -1.89. The van der Waals surface area contributed by atoms with E-state index in [4.69, 9.17) is 0 Å². The Morgan fingerprint density at radius 3 is 1.70 bits per heavy atom. The van der Waals surface area contributed by atoms with Crippen LogP contribution < -0.4 is 0 Å². The molecule has 0 spiro atoms. The lowest BCUT2D eigenvalue weighted by atomic mass is 9.83. The lowest BCUT2D eigenvalue weighted by molar-refractivity contribution is -0.121. The second-order valence-electron chi connectivity index (χ2n) is 6.18. The first-order chi connectivity index (χ1) is 9.65. The van der Waals surface area contributed by atoms with Crippen LogP contribution in [0.3, 0.4) is 0 Å². The minimum Gasteiger partial charge on any atom is -0.298 e. The Kier molecular flexibility index (Phi) is 2.41. The van der Waals surface area contributed by atoms with Crippen molar-refractivity contribution >= 4 is 5.78 Å². The van der Waals surface area contributed by atoms with Gasteiger partial charge in [0, 0.05) is 11.8 Å². The van der Waals surface area contributed by atoms with Crippen LogP contribution in [0.5, 0.6) is 0 Å². The number of aryl methyl sites for hydroxylation is 2. The molecule has 2 atom stereocenters. The maximum atomic E-state index is 12.7. The molecule has 1 heteroatoms. The smallest absolute Gasteiger partial charge is 0.147 e. The Morgan fingerprint density at radius 1 is 0.800 bits per heavy atom. The van der Waals surface area contributed by atoms with Gasteiger partial charge in [-0.3, -0.25) is 4.79 Å². The zero-order valence-electron chi connectivity index (χ0n) is 11.9. The van der Waals surface area contributed by atoms with Gasteiger partial charge in [0.05, 0.1) is 0 Å². The Bertz CT molecular complexity index is 665.